The van der Waals surface area contributed by atoms with E-state index in [-0.39, 0.29) is 0 Å². The van der Waals surface area contributed by atoms with Crippen molar-refractivity contribution in [2.45, 2.75) is 18.6 Å². The average molecular weight is 159 g/mol. The maximum absolute atomic E-state index is 5.60. The molecule has 0 radical (unpaired) electrons. The predicted molar refractivity (Wildman–Crippen MR) is 43.5 cm³/mol. The first kappa shape index (κ1) is 6.95. The van der Waals surface area contributed by atoms with Gasteiger partial charge in [-0.2, -0.15) is 11.8 Å². The summed E-state index contributed by atoms with van der Waals surface area (Å²) in [4.78, 5) is 0. The second-order valence-corrected chi connectivity index (χ2v) is 4.05. The van der Waals surface area contributed by atoms with Crippen LogP contribution in [0.1, 0.15) is 6.42 Å². The van der Waals surface area contributed by atoms with Crippen molar-refractivity contribution in [1.82, 2.24) is 5.32 Å². The number of hydrogen-bond donors (Lipinski definition) is 1. The third kappa shape index (κ3) is 1.31. The Bertz CT molecular complexity index is 106. The third-order valence-corrected chi connectivity index (χ3v) is 3.14. The molecule has 2 fully saturated rings. The van der Waals surface area contributed by atoms with Gasteiger partial charge in [0, 0.05) is 18.3 Å². The summed E-state index contributed by atoms with van der Waals surface area (Å²) in [5.41, 5.74) is 0. The van der Waals surface area contributed by atoms with E-state index in [4.69, 9.17) is 4.74 Å². The highest BCUT2D eigenvalue weighted by molar-refractivity contribution is 7.99. The maximum Gasteiger partial charge on any atom is 0.0852 e. The fourth-order valence-corrected chi connectivity index (χ4v) is 2.25. The quantitative estimate of drug-likeness (QED) is 0.555. The third-order valence-electron chi connectivity index (χ3n) is 2.16. The van der Waals surface area contributed by atoms with E-state index >= 15 is 0 Å². The molecule has 10 heavy (non-hydrogen) atoms. The summed E-state index contributed by atoms with van der Waals surface area (Å²) in [5, 5.41) is 3.38. The van der Waals surface area contributed by atoms with Gasteiger partial charge in [-0.25, -0.2) is 0 Å². The van der Waals surface area contributed by atoms with Crippen LogP contribution in [0.4, 0.5) is 0 Å². The molecule has 2 unspecified atom stereocenters. The lowest BCUT2D eigenvalue weighted by molar-refractivity contribution is -0.0122. The van der Waals surface area contributed by atoms with Crippen LogP contribution in [0, 0.1) is 0 Å². The van der Waals surface area contributed by atoms with Gasteiger partial charge in [0.15, 0.2) is 0 Å². The topological polar surface area (TPSA) is 21.3 Å². The average Bonchev–Trinajstić information content (AvgIpc) is 1.89. The molecular formula is C7H13NOS. The molecule has 0 bridgehead atoms. The molecule has 2 aliphatic rings. The monoisotopic (exact) mass is 159 g/mol. The Kier molecular flexibility index (Phi) is 2.16. The van der Waals surface area contributed by atoms with Crippen molar-refractivity contribution < 1.29 is 4.74 Å². The van der Waals surface area contributed by atoms with Crippen LogP contribution in [0.5, 0.6) is 0 Å². The number of hydrogen-bond acceptors (Lipinski definition) is 3. The number of fused-ring (bicyclic) bond motifs is 1. The summed E-state index contributed by atoms with van der Waals surface area (Å²) in [5.74, 6) is 2.49. The van der Waals surface area contributed by atoms with Crippen molar-refractivity contribution in [2.24, 2.45) is 0 Å². The number of nitrogens with one attached hydrogen (secondary N) is 1. The predicted octanol–water partition coefficient (Wildman–Crippen LogP) is 0.480. The Morgan fingerprint density at radius 3 is 3.20 bits per heavy atom. The van der Waals surface area contributed by atoms with Gasteiger partial charge >= 0.3 is 0 Å². The zero-order chi connectivity index (χ0) is 6.81. The van der Waals surface area contributed by atoms with Gasteiger partial charge < -0.3 is 10.1 Å². The van der Waals surface area contributed by atoms with Crippen molar-refractivity contribution in [2.75, 3.05) is 24.7 Å². The smallest absolute Gasteiger partial charge is 0.0852 e. The zero-order valence-electron chi connectivity index (χ0n) is 6.01. The second kappa shape index (κ2) is 3.11. The summed E-state index contributed by atoms with van der Waals surface area (Å²) in [6.07, 6.45) is 1.83. The van der Waals surface area contributed by atoms with Crippen LogP contribution in [0.2, 0.25) is 0 Å². The van der Waals surface area contributed by atoms with E-state index < -0.39 is 0 Å². The van der Waals surface area contributed by atoms with Crippen LogP contribution in [-0.2, 0) is 4.74 Å². The van der Waals surface area contributed by atoms with Crippen molar-refractivity contribution in [3.63, 3.8) is 0 Å². The molecule has 0 saturated carbocycles. The first-order chi connectivity index (χ1) is 4.97. The Morgan fingerprint density at radius 1 is 1.40 bits per heavy atom. The number of ether oxygens (including phenoxy) is 1. The van der Waals surface area contributed by atoms with Gasteiger partial charge in [0.05, 0.1) is 12.7 Å². The van der Waals surface area contributed by atoms with E-state index in [9.17, 15) is 0 Å². The molecule has 0 aromatic heterocycles. The van der Waals surface area contributed by atoms with Crippen LogP contribution in [0.3, 0.4) is 0 Å². The first-order valence-corrected chi connectivity index (χ1v) is 5.05. The number of thioether (sulfide) groups is 1. The van der Waals surface area contributed by atoms with E-state index in [0.717, 1.165) is 13.2 Å². The van der Waals surface area contributed by atoms with Crippen LogP contribution in [-0.4, -0.2) is 36.8 Å². The van der Waals surface area contributed by atoms with Gasteiger partial charge in [-0.15, -0.1) is 0 Å². The Morgan fingerprint density at radius 2 is 2.40 bits per heavy atom. The van der Waals surface area contributed by atoms with Crippen molar-refractivity contribution in [1.29, 1.82) is 0 Å². The minimum Gasteiger partial charge on any atom is -0.374 e. The molecule has 0 aromatic rings. The largest absolute Gasteiger partial charge is 0.374 e. The molecular weight excluding hydrogens is 146 g/mol. The van der Waals surface area contributed by atoms with E-state index in [1.807, 2.05) is 11.8 Å². The molecule has 2 heterocycles. The zero-order valence-corrected chi connectivity index (χ0v) is 6.82. The lowest BCUT2D eigenvalue weighted by Crippen LogP contribution is -2.59. The normalized spacial score (nSPS) is 40.8. The van der Waals surface area contributed by atoms with Crippen LogP contribution in [0.25, 0.3) is 0 Å². The van der Waals surface area contributed by atoms with E-state index in [2.05, 4.69) is 5.32 Å². The van der Waals surface area contributed by atoms with Crippen molar-refractivity contribution >= 4 is 11.8 Å². The van der Waals surface area contributed by atoms with E-state index in [0.29, 0.717) is 12.1 Å². The molecule has 0 aromatic carbocycles. The SMILES string of the molecule is C1CSCCC2NCC2O1. The minimum absolute atomic E-state index is 0.542. The highest BCUT2D eigenvalue weighted by Gasteiger charge is 2.31. The van der Waals surface area contributed by atoms with Gasteiger partial charge in [-0.05, 0) is 12.2 Å². The summed E-state index contributed by atoms with van der Waals surface area (Å²) in [6, 6.07) is 0.674. The molecule has 2 nitrogen and oxygen atoms in total. The fraction of sp³-hybridized carbons (Fsp3) is 1.00. The van der Waals surface area contributed by atoms with Crippen LogP contribution < -0.4 is 5.32 Å². The van der Waals surface area contributed by atoms with Gasteiger partial charge in [-0.3, -0.25) is 0 Å². The van der Waals surface area contributed by atoms with E-state index in [1.54, 1.807) is 0 Å². The molecule has 0 amide bonds. The lowest BCUT2D eigenvalue weighted by atomic mass is 10.0. The maximum atomic E-state index is 5.60. The molecule has 3 heteroatoms. The Labute approximate surface area is 65.7 Å². The summed E-state index contributed by atoms with van der Waals surface area (Å²) in [7, 11) is 0. The van der Waals surface area contributed by atoms with Crippen LogP contribution in [0.15, 0.2) is 0 Å². The summed E-state index contributed by atoms with van der Waals surface area (Å²) < 4.78 is 5.60. The van der Waals surface area contributed by atoms with Gasteiger partial charge in [0.2, 0.25) is 0 Å². The Hall–Kier alpha value is 0.270. The van der Waals surface area contributed by atoms with Gasteiger partial charge in [0.25, 0.3) is 0 Å². The molecule has 0 spiro atoms. The molecule has 58 valence electrons. The first-order valence-electron chi connectivity index (χ1n) is 3.89. The van der Waals surface area contributed by atoms with Crippen LogP contribution >= 0.6 is 11.8 Å². The molecule has 0 aliphatic carbocycles. The standard InChI is InChI=1S/C7H13NOS/c1-3-10-4-2-9-7-5-8-6(1)7/h6-8H,1-5H2. The number of rotatable bonds is 0. The molecule has 2 rings (SSSR count). The Balaban J connectivity index is 1.83. The van der Waals surface area contributed by atoms with Crippen molar-refractivity contribution in [3.05, 3.63) is 0 Å². The van der Waals surface area contributed by atoms with E-state index in [1.165, 1.54) is 17.9 Å². The second-order valence-electron chi connectivity index (χ2n) is 2.83. The molecule has 2 aliphatic heterocycles. The van der Waals surface area contributed by atoms with Gasteiger partial charge in [-0.1, -0.05) is 0 Å². The minimum atomic E-state index is 0.542. The molecule has 2 saturated heterocycles. The fourth-order valence-electron chi connectivity index (χ4n) is 1.41. The molecule has 1 N–H and O–H groups in total. The highest BCUT2D eigenvalue weighted by atomic mass is 32.2. The molecule has 2 atom stereocenters. The highest BCUT2D eigenvalue weighted by Crippen LogP contribution is 2.18. The lowest BCUT2D eigenvalue weighted by Gasteiger charge is -2.39. The summed E-state index contributed by atoms with van der Waals surface area (Å²) >= 11 is 2.00. The van der Waals surface area contributed by atoms with Gasteiger partial charge in [0.1, 0.15) is 0 Å². The summed E-state index contributed by atoms with van der Waals surface area (Å²) in [6.45, 7) is 2.03. The van der Waals surface area contributed by atoms with Crippen molar-refractivity contribution in [3.8, 4) is 0 Å².